The van der Waals surface area contributed by atoms with Crippen molar-refractivity contribution in [2.24, 2.45) is 4.99 Å². The lowest BCUT2D eigenvalue weighted by molar-refractivity contribution is 0.0953. The summed E-state index contributed by atoms with van der Waals surface area (Å²) in [6.07, 6.45) is 3.49. The Kier molecular flexibility index (Phi) is 6.16. The smallest absolute Gasteiger partial charge is 0.251 e. The van der Waals surface area contributed by atoms with Crippen molar-refractivity contribution in [3.63, 3.8) is 0 Å². The minimum atomic E-state index is -0.319. The van der Waals surface area contributed by atoms with Crippen molar-refractivity contribution in [1.82, 2.24) is 10.3 Å². The van der Waals surface area contributed by atoms with Crippen molar-refractivity contribution in [3.05, 3.63) is 82.4 Å². The summed E-state index contributed by atoms with van der Waals surface area (Å²) in [6, 6.07) is 13.5. The molecule has 0 unspecified atom stereocenters. The number of nitrogens with one attached hydrogen (secondary N) is 1. The monoisotopic (exact) mass is 439 g/mol. The highest BCUT2D eigenvalue weighted by atomic mass is 35.5. The van der Waals surface area contributed by atoms with E-state index in [1.54, 1.807) is 36.5 Å². The van der Waals surface area contributed by atoms with Gasteiger partial charge in [-0.15, -0.1) is 0 Å². The van der Waals surface area contributed by atoms with Gasteiger partial charge < -0.3 is 5.32 Å². The Hall–Kier alpha value is -2.70. The summed E-state index contributed by atoms with van der Waals surface area (Å²) in [7, 11) is 0. The number of hydrogen-bond acceptors (Lipinski definition) is 4. The van der Waals surface area contributed by atoms with Crippen LogP contribution in [0.5, 0.6) is 0 Å². The fraction of sp³-hybridized carbons (Fsp3) is 0.174. The lowest BCUT2D eigenvalue weighted by Crippen LogP contribution is -2.24. The second-order valence-corrected chi connectivity index (χ2v) is 8.38. The van der Waals surface area contributed by atoms with Gasteiger partial charge in [-0.2, -0.15) is 0 Å². The van der Waals surface area contributed by atoms with Crippen molar-refractivity contribution in [2.75, 3.05) is 6.54 Å². The summed E-state index contributed by atoms with van der Waals surface area (Å²) in [4.78, 5) is 23.3. The molecule has 0 atom stereocenters. The van der Waals surface area contributed by atoms with Crippen molar-refractivity contribution in [3.8, 4) is 0 Å². The third-order valence-corrected chi connectivity index (χ3v) is 6.00. The number of benzene rings is 2. The van der Waals surface area contributed by atoms with Crippen LogP contribution in [0.2, 0.25) is 5.02 Å². The molecule has 1 aromatic heterocycles. The molecule has 152 valence electrons. The predicted molar refractivity (Wildman–Crippen MR) is 119 cm³/mol. The van der Waals surface area contributed by atoms with Gasteiger partial charge in [-0.05, 0) is 55.0 Å². The van der Waals surface area contributed by atoms with Gasteiger partial charge in [0.05, 0.1) is 22.1 Å². The summed E-state index contributed by atoms with van der Waals surface area (Å²) >= 11 is 7.41. The van der Waals surface area contributed by atoms with Crippen LogP contribution >= 0.6 is 23.4 Å². The molecule has 0 radical (unpaired) electrons. The topological polar surface area (TPSA) is 54.4 Å². The average Bonchev–Trinajstić information content (AvgIpc) is 2.90. The van der Waals surface area contributed by atoms with Gasteiger partial charge in [-0.25, -0.2) is 9.38 Å². The maximum atomic E-state index is 14.0. The number of carbonyl (C=O) groups excluding carboxylic acids is 1. The SMILES string of the molecule is CCCCNC(=O)c1ccc2c(c1)N=C(c1ccc(Cl)cn1)c1ccc(F)cc1S2. The minimum Gasteiger partial charge on any atom is -0.352 e. The van der Waals surface area contributed by atoms with Crippen molar-refractivity contribution in [1.29, 1.82) is 0 Å². The fourth-order valence-corrected chi connectivity index (χ4v) is 4.24. The fourth-order valence-electron chi connectivity index (χ4n) is 3.10. The van der Waals surface area contributed by atoms with Gasteiger partial charge in [0.2, 0.25) is 0 Å². The lowest BCUT2D eigenvalue weighted by atomic mass is 10.1. The molecule has 1 aliphatic heterocycles. The Morgan fingerprint density at radius 3 is 2.77 bits per heavy atom. The van der Waals surface area contributed by atoms with Crippen LogP contribution in [0.15, 0.2) is 69.5 Å². The number of fused-ring (bicyclic) bond motifs is 2. The number of carbonyl (C=O) groups is 1. The lowest BCUT2D eigenvalue weighted by Gasteiger charge is -2.08. The van der Waals surface area contributed by atoms with E-state index in [9.17, 15) is 9.18 Å². The molecular formula is C23H19ClFN3OS. The highest BCUT2D eigenvalue weighted by Gasteiger charge is 2.21. The van der Waals surface area contributed by atoms with E-state index < -0.39 is 0 Å². The van der Waals surface area contributed by atoms with E-state index in [2.05, 4.69) is 17.2 Å². The van der Waals surface area contributed by atoms with E-state index in [0.29, 0.717) is 34.2 Å². The molecule has 1 aliphatic rings. The van der Waals surface area contributed by atoms with Gasteiger partial charge in [0.1, 0.15) is 5.82 Å². The Bertz CT molecular complexity index is 1130. The number of pyridine rings is 1. The first-order valence-electron chi connectivity index (χ1n) is 9.66. The van der Waals surface area contributed by atoms with Crippen LogP contribution in [-0.2, 0) is 0 Å². The summed E-state index contributed by atoms with van der Waals surface area (Å²) < 4.78 is 14.0. The Morgan fingerprint density at radius 1 is 1.13 bits per heavy atom. The molecule has 2 heterocycles. The second kappa shape index (κ2) is 8.98. The molecule has 0 fully saturated rings. The predicted octanol–water partition coefficient (Wildman–Crippen LogP) is 6.04. The molecule has 0 spiro atoms. The molecule has 0 aliphatic carbocycles. The number of amides is 1. The zero-order valence-corrected chi connectivity index (χ0v) is 17.9. The number of nitrogens with zero attached hydrogens (tertiary/aromatic N) is 2. The third-order valence-electron chi connectivity index (χ3n) is 4.66. The molecule has 0 saturated carbocycles. The van der Waals surface area contributed by atoms with Gasteiger partial charge in [-0.3, -0.25) is 9.78 Å². The molecule has 1 N–H and O–H groups in total. The number of aromatic nitrogens is 1. The van der Waals surface area contributed by atoms with Gasteiger partial charge in [-0.1, -0.05) is 36.7 Å². The first kappa shape index (κ1) is 20.6. The molecule has 0 saturated heterocycles. The number of unbranched alkanes of at least 4 members (excludes halogenated alkanes) is 1. The maximum absolute atomic E-state index is 14.0. The van der Waals surface area contributed by atoms with E-state index in [1.165, 1.54) is 23.9 Å². The first-order chi connectivity index (χ1) is 14.5. The van der Waals surface area contributed by atoms with E-state index in [4.69, 9.17) is 16.6 Å². The number of aliphatic imine (C=N–C) groups is 1. The van der Waals surface area contributed by atoms with Crippen LogP contribution < -0.4 is 5.32 Å². The maximum Gasteiger partial charge on any atom is 0.251 e. The molecule has 4 rings (SSSR count). The van der Waals surface area contributed by atoms with Crippen LogP contribution in [0.3, 0.4) is 0 Å². The van der Waals surface area contributed by atoms with Crippen LogP contribution in [0.4, 0.5) is 10.1 Å². The third kappa shape index (κ3) is 4.40. The van der Waals surface area contributed by atoms with Crippen molar-refractivity contribution >= 4 is 40.7 Å². The minimum absolute atomic E-state index is 0.134. The number of halogens is 2. The van der Waals surface area contributed by atoms with E-state index in [1.807, 2.05) is 6.07 Å². The zero-order valence-electron chi connectivity index (χ0n) is 16.3. The summed E-state index contributed by atoms with van der Waals surface area (Å²) in [5.74, 6) is -0.453. The molecule has 0 bridgehead atoms. The second-order valence-electron chi connectivity index (χ2n) is 6.86. The van der Waals surface area contributed by atoms with Crippen LogP contribution in [0.25, 0.3) is 0 Å². The Balaban J connectivity index is 1.80. The average molecular weight is 440 g/mol. The van der Waals surface area contributed by atoms with Gasteiger partial charge in [0, 0.05) is 33.7 Å². The highest BCUT2D eigenvalue weighted by Crippen LogP contribution is 2.41. The Morgan fingerprint density at radius 2 is 2.00 bits per heavy atom. The van der Waals surface area contributed by atoms with E-state index >= 15 is 0 Å². The largest absolute Gasteiger partial charge is 0.352 e. The number of rotatable bonds is 5. The molecule has 30 heavy (non-hydrogen) atoms. The molecule has 3 aromatic rings. The van der Waals surface area contributed by atoms with Crippen molar-refractivity contribution in [2.45, 2.75) is 29.6 Å². The number of hydrogen-bond donors (Lipinski definition) is 1. The first-order valence-corrected chi connectivity index (χ1v) is 10.8. The standard InChI is InChI=1S/C23H19ClFN3OS/c1-2-3-10-26-23(29)14-4-9-20-19(11-14)28-22(18-8-5-15(24)13-27-18)17-7-6-16(25)12-21(17)30-20/h4-9,11-13H,2-3,10H2,1H3,(H,26,29). The summed E-state index contributed by atoms with van der Waals surface area (Å²) in [5, 5.41) is 3.45. The summed E-state index contributed by atoms with van der Waals surface area (Å²) in [6.45, 7) is 2.71. The molecule has 2 aromatic carbocycles. The molecular weight excluding hydrogens is 421 g/mol. The molecule has 1 amide bonds. The van der Waals surface area contributed by atoms with Gasteiger partial charge in [0.15, 0.2) is 0 Å². The molecule has 4 nitrogen and oxygen atoms in total. The molecule has 7 heteroatoms. The van der Waals surface area contributed by atoms with Gasteiger partial charge >= 0.3 is 0 Å². The summed E-state index contributed by atoms with van der Waals surface area (Å²) in [5.41, 5.74) is 3.19. The van der Waals surface area contributed by atoms with Gasteiger partial charge in [0.25, 0.3) is 5.91 Å². The normalized spacial score (nSPS) is 12.4. The quantitative estimate of drug-likeness (QED) is 0.386. The van der Waals surface area contributed by atoms with Crippen LogP contribution in [0, 0.1) is 5.82 Å². The zero-order chi connectivity index (χ0) is 21.1. The Labute approximate surface area is 183 Å². The van der Waals surface area contributed by atoms with Crippen LogP contribution in [-0.4, -0.2) is 23.1 Å². The van der Waals surface area contributed by atoms with E-state index in [-0.39, 0.29) is 11.7 Å². The highest BCUT2D eigenvalue weighted by molar-refractivity contribution is 7.99. The van der Waals surface area contributed by atoms with Crippen molar-refractivity contribution < 1.29 is 9.18 Å². The van der Waals surface area contributed by atoms with E-state index in [0.717, 1.165) is 28.2 Å². The van der Waals surface area contributed by atoms with Crippen LogP contribution in [0.1, 0.15) is 41.4 Å².